The number of carbonyl (C=O) groups is 2. The SMILES string of the molecule is Cc1ccc(CCCN2CCN(C(=O)Oc3ccc4cccnc4c3)CC2)nc1.O=C(Oc1ccc2cccnc2c1)N1CCN(CCc2nccs2)CC1. The van der Waals surface area contributed by atoms with Crippen molar-refractivity contribution in [1.82, 2.24) is 39.5 Å². The first-order valence-electron chi connectivity index (χ1n) is 18.8. The highest BCUT2D eigenvalue weighted by Crippen LogP contribution is 2.21. The van der Waals surface area contributed by atoms with E-state index in [9.17, 15) is 9.59 Å². The number of fused-ring (bicyclic) bond motifs is 2. The van der Waals surface area contributed by atoms with Crippen molar-refractivity contribution in [2.45, 2.75) is 26.2 Å². The summed E-state index contributed by atoms with van der Waals surface area (Å²) in [5.74, 6) is 1.07. The topological polar surface area (TPSA) is 117 Å². The molecule has 2 fully saturated rings. The Morgan fingerprint density at radius 3 is 1.75 bits per heavy atom. The second-order valence-corrected chi connectivity index (χ2v) is 14.7. The summed E-state index contributed by atoms with van der Waals surface area (Å²) >= 11 is 1.69. The average molecular weight is 759 g/mol. The summed E-state index contributed by atoms with van der Waals surface area (Å²) < 4.78 is 11.1. The van der Waals surface area contributed by atoms with Crippen molar-refractivity contribution in [2.75, 3.05) is 65.4 Å². The van der Waals surface area contributed by atoms with Gasteiger partial charge in [0.05, 0.1) is 16.0 Å². The number of ether oxygens (including phenoxy) is 2. The highest BCUT2D eigenvalue weighted by atomic mass is 32.1. The number of aryl methyl sites for hydroxylation is 2. The van der Waals surface area contributed by atoms with Gasteiger partial charge in [0.15, 0.2) is 0 Å². The molecule has 12 nitrogen and oxygen atoms in total. The zero-order valence-corrected chi connectivity index (χ0v) is 31.9. The molecule has 0 N–H and O–H groups in total. The summed E-state index contributed by atoms with van der Waals surface area (Å²) in [6.45, 7) is 10.3. The maximum absolute atomic E-state index is 12.5. The van der Waals surface area contributed by atoms with Crippen molar-refractivity contribution in [3.63, 3.8) is 0 Å². The van der Waals surface area contributed by atoms with Gasteiger partial charge < -0.3 is 19.3 Å². The first kappa shape index (κ1) is 37.8. The van der Waals surface area contributed by atoms with Gasteiger partial charge in [-0.2, -0.15) is 0 Å². The molecule has 0 spiro atoms. The monoisotopic (exact) mass is 758 g/mol. The van der Waals surface area contributed by atoms with E-state index >= 15 is 0 Å². The van der Waals surface area contributed by atoms with Crippen LogP contribution in [-0.4, -0.2) is 117 Å². The Hall–Kier alpha value is -5.50. The van der Waals surface area contributed by atoms with Crippen molar-refractivity contribution in [1.29, 1.82) is 0 Å². The molecule has 55 heavy (non-hydrogen) atoms. The van der Waals surface area contributed by atoms with Gasteiger partial charge in [0.1, 0.15) is 11.5 Å². The van der Waals surface area contributed by atoms with Crippen LogP contribution in [0.2, 0.25) is 0 Å². The smallest absolute Gasteiger partial charge is 0.410 e. The fourth-order valence-corrected chi connectivity index (χ4v) is 7.23. The number of rotatable bonds is 9. The van der Waals surface area contributed by atoms with E-state index in [-0.39, 0.29) is 12.2 Å². The minimum absolute atomic E-state index is 0.288. The number of hydrogen-bond donors (Lipinski definition) is 0. The lowest BCUT2D eigenvalue weighted by Crippen LogP contribution is -2.49. The van der Waals surface area contributed by atoms with E-state index < -0.39 is 0 Å². The third kappa shape index (κ3) is 10.8. The van der Waals surface area contributed by atoms with Crippen LogP contribution >= 0.6 is 11.3 Å². The van der Waals surface area contributed by atoms with Gasteiger partial charge >= 0.3 is 12.2 Å². The van der Waals surface area contributed by atoms with Gasteiger partial charge in [0, 0.05) is 124 Å². The summed E-state index contributed by atoms with van der Waals surface area (Å²) in [6, 6.07) is 23.1. The molecule has 2 aromatic carbocycles. The van der Waals surface area contributed by atoms with E-state index in [2.05, 4.69) is 48.8 Å². The summed E-state index contributed by atoms with van der Waals surface area (Å²) in [5, 5.41) is 5.23. The Labute approximate surface area is 325 Å². The molecule has 2 aliphatic heterocycles. The van der Waals surface area contributed by atoms with Crippen molar-refractivity contribution in [3.8, 4) is 11.5 Å². The molecule has 0 aliphatic carbocycles. The molecule has 4 aromatic heterocycles. The second kappa shape index (κ2) is 18.7. The lowest BCUT2D eigenvalue weighted by atomic mass is 10.2. The van der Waals surface area contributed by atoms with Crippen molar-refractivity contribution < 1.29 is 19.1 Å². The first-order chi connectivity index (χ1) is 26.9. The Balaban J connectivity index is 0.000000170. The molecule has 6 heterocycles. The van der Waals surface area contributed by atoms with Crippen LogP contribution < -0.4 is 9.47 Å². The number of carbonyl (C=O) groups excluding carboxylic acids is 2. The molecular formula is C42H46N8O4S. The molecule has 13 heteroatoms. The number of thiazole rings is 1. The van der Waals surface area contributed by atoms with E-state index in [4.69, 9.17) is 9.47 Å². The number of aromatic nitrogens is 4. The van der Waals surface area contributed by atoms with Gasteiger partial charge in [-0.15, -0.1) is 11.3 Å². The van der Waals surface area contributed by atoms with Crippen molar-refractivity contribution >= 4 is 45.3 Å². The Morgan fingerprint density at radius 1 is 0.636 bits per heavy atom. The van der Waals surface area contributed by atoms with Gasteiger partial charge in [-0.3, -0.25) is 24.8 Å². The quantitative estimate of drug-likeness (QED) is 0.157. The molecule has 0 saturated carbocycles. The van der Waals surface area contributed by atoms with Gasteiger partial charge in [-0.05, 0) is 74.3 Å². The van der Waals surface area contributed by atoms with E-state index in [0.29, 0.717) is 37.7 Å². The molecule has 2 amide bonds. The third-order valence-corrected chi connectivity index (χ3v) is 10.7. The number of hydrogen-bond acceptors (Lipinski definition) is 11. The van der Waals surface area contributed by atoms with E-state index in [1.54, 1.807) is 39.6 Å². The molecule has 8 rings (SSSR count). The molecule has 0 bridgehead atoms. The van der Waals surface area contributed by atoms with E-state index in [0.717, 1.165) is 91.0 Å². The number of benzene rings is 2. The highest BCUT2D eigenvalue weighted by molar-refractivity contribution is 7.09. The van der Waals surface area contributed by atoms with Crippen molar-refractivity contribution in [2.24, 2.45) is 0 Å². The van der Waals surface area contributed by atoms with Crippen LogP contribution in [0.1, 0.15) is 22.7 Å². The molecule has 0 atom stereocenters. The van der Waals surface area contributed by atoms with Gasteiger partial charge in [-0.1, -0.05) is 18.2 Å². The Kier molecular flexibility index (Phi) is 12.9. The standard InChI is InChI=1S/C23H26N4O2.C19H20N4O2S/c1-18-6-8-20(25-17-18)5-3-11-26-12-14-27(15-13-26)23(28)29-21-9-7-19-4-2-10-24-22(19)16-21;24-19(25-16-4-3-15-2-1-6-20-17(15)14-16)23-11-9-22(10-12-23)8-5-18-21-7-13-26-18/h2,4,6-10,16-17H,3,5,11-15H2,1H3;1-4,6-7,13-14H,5,8-12H2. The predicted octanol–water partition coefficient (Wildman–Crippen LogP) is 6.74. The van der Waals surface area contributed by atoms with Crippen LogP contribution in [0.5, 0.6) is 11.5 Å². The molecule has 2 saturated heterocycles. The lowest BCUT2D eigenvalue weighted by molar-refractivity contribution is 0.110. The van der Waals surface area contributed by atoms with Gasteiger partial charge in [-0.25, -0.2) is 14.6 Å². The minimum atomic E-state index is -0.292. The fourth-order valence-electron chi connectivity index (χ4n) is 6.62. The number of piperazine rings is 2. The Bertz CT molecular complexity index is 2150. The molecule has 2 aliphatic rings. The number of pyridine rings is 3. The third-order valence-electron chi connectivity index (χ3n) is 9.83. The van der Waals surface area contributed by atoms with E-state index in [1.165, 1.54) is 5.56 Å². The van der Waals surface area contributed by atoms with Gasteiger partial charge in [0.25, 0.3) is 0 Å². The highest BCUT2D eigenvalue weighted by Gasteiger charge is 2.24. The van der Waals surface area contributed by atoms with Gasteiger partial charge in [0.2, 0.25) is 0 Å². The zero-order chi connectivity index (χ0) is 37.8. The molecule has 0 radical (unpaired) electrons. The molecule has 0 unspecified atom stereocenters. The van der Waals surface area contributed by atoms with E-state index in [1.807, 2.05) is 72.4 Å². The summed E-state index contributed by atoms with van der Waals surface area (Å²) in [5.41, 5.74) is 3.98. The minimum Gasteiger partial charge on any atom is -0.410 e. The van der Waals surface area contributed by atoms with Crippen LogP contribution in [-0.2, 0) is 12.8 Å². The lowest BCUT2D eigenvalue weighted by Gasteiger charge is -2.34. The number of nitrogens with zero attached hydrogens (tertiary/aromatic N) is 8. The summed E-state index contributed by atoms with van der Waals surface area (Å²) in [6.07, 6.45) is 9.68. The van der Waals surface area contributed by atoms with Crippen LogP contribution in [0.15, 0.2) is 103 Å². The normalized spacial score (nSPS) is 15.1. The Morgan fingerprint density at radius 2 is 1.22 bits per heavy atom. The van der Waals surface area contributed by atoms with Crippen LogP contribution in [0.3, 0.4) is 0 Å². The number of amides is 2. The largest absolute Gasteiger partial charge is 0.415 e. The second-order valence-electron chi connectivity index (χ2n) is 13.7. The first-order valence-corrected chi connectivity index (χ1v) is 19.7. The van der Waals surface area contributed by atoms with Crippen molar-refractivity contribution in [3.05, 3.63) is 119 Å². The molecule has 6 aromatic rings. The maximum atomic E-state index is 12.5. The molecule has 284 valence electrons. The average Bonchev–Trinajstić information content (AvgIpc) is 3.75. The molecular weight excluding hydrogens is 713 g/mol. The summed E-state index contributed by atoms with van der Waals surface area (Å²) in [4.78, 5) is 50.6. The summed E-state index contributed by atoms with van der Waals surface area (Å²) in [7, 11) is 0. The predicted molar refractivity (Wildman–Crippen MR) is 215 cm³/mol. The fraction of sp³-hybridized carbons (Fsp3) is 0.333. The van der Waals surface area contributed by atoms with Crippen LogP contribution in [0.4, 0.5) is 9.59 Å². The van der Waals surface area contributed by atoms with Crippen LogP contribution in [0, 0.1) is 6.92 Å². The zero-order valence-electron chi connectivity index (χ0n) is 31.1. The van der Waals surface area contributed by atoms with Crippen LogP contribution in [0.25, 0.3) is 21.8 Å². The maximum Gasteiger partial charge on any atom is 0.415 e.